The van der Waals surface area contributed by atoms with E-state index in [4.69, 9.17) is 0 Å². The number of nitrogens with zero attached hydrogens (tertiary/aromatic N) is 2. The average molecular weight is 251 g/mol. The lowest BCUT2D eigenvalue weighted by molar-refractivity contribution is 0.590. The second-order valence-electron chi connectivity index (χ2n) is 5.79. The molecule has 0 aliphatic carbocycles. The Morgan fingerprint density at radius 2 is 1.74 bits per heavy atom. The number of aromatic amines is 1. The van der Waals surface area contributed by atoms with E-state index in [9.17, 15) is 0 Å². The number of nitrogens with one attached hydrogen (secondary N) is 1. The van der Waals surface area contributed by atoms with E-state index in [1.165, 1.54) is 5.56 Å². The van der Waals surface area contributed by atoms with E-state index in [0.29, 0.717) is 0 Å². The summed E-state index contributed by atoms with van der Waals surface area (Å²) >= 11 is 0. The van der Waals surface area contributed by atoms with Crippen LogP contribution in [0.25, 0.3) is 22.4 Å². The predicted octanol–water partition coefficient (Wildman–Crippen LogP) is 3.92. The number of hydrogen-bond acceptors (Lipinski definition) is 2. The molecule has 0 radical (unpaired) electrons. The molecule has 2 heterocycles. The van der Waals surface area contributed by atoms with Crippen molar-refractivity contribution in [3.05, 3.63) is 48.3 Å². The summed E-state index contributed by atoms with van der Waals surface area (Å²) < 4.78 is 0. The zero-order chi connectivity index (χ0) is 13.5. The van der Waals surface area contributed by atoms with Crippen molar-refractivity contribution in [3.8, 4) is 11.3 Å². The van der Waals surface area contributed by atoms with Gasteiger partial charge in [-0.15, -0.1) is 0 Å². The fraction of sp³-hybridized carbons (Fsp3) is 0.250. The zero-order valence-electron chi connectivity index (χ0n) is 11.4. The summed E-state index contributed by atoms with van der Waals surface area (Å²) in [5.41, 5.74) is 5.24. The van der Waals surface area contributed by atoms with Crippen molar-refractivity contribution < 1.29 is 0 Å². The van der Waals surface area contributed by atoms with Crippen LogP contribution < -0.4 is 0 Å². The highest BCUT2D eigenvalue weighted by molar-refractivity contribution is 5.74. The van der Waals surface area contributed by atoms with E-state index >= 15 is 0 Å². The Morgan fingerprint density at radius 1 is 1.00 bits per heavy atom. The SMILES string of the molecule is CC(C)(C)c1ccc(-c2cnc3[nH]ccc3n2)cc1. The topological polar surface area (TPSA) is 41.6 Å². The summed E-state index contributed by atoms with van der Waals surface area (Å²) in [7, 11) is 0. The highest BCUT2D eigenvalue weighted by Crippen LogP contribution is 2.25. The third kappa shape index (κ3) is 2.24. The molecule has 0 spiro atoms. The molecule has 0 saturated heterocycles. The van der Waals surface area contributed by atoms with E-state index in [1.54, 1.807) is 0 Å². The Kier molecular flexibility index (Phi) is 2.63. The van der Waals surface area contributed by atoms with E-state index in [2.05, 4.69) is 60.0 Å². The summed E-state index contributed by atoms with van der Waals surface area (Å²) in [6.07, 6.45) is 3.67. The van der Waals surface area contributed by atoms with E-state index in [-0.39, 0.29) is 5.41 Å². The van der Waals surface area contributed by atoms with Gasteiger partial charge in [-0.25, -0.2) is 9.97 Å². The van der Waals surface area contributed by atoms with Gasteiger partial charge in [0.1, 0.15) is 5.52 Å². The number of rotatable bonds is 1. The number of fused-ring (bicyclic) bond motifs is 1. The summed E-state index contributed by atoms with van der Waals surface area (Å²) in [6, 6.07) is 10.5. The van der Waals surface area contributed by atoms with Crippen LogP contribution >= 0.6 is 0 Å². The van der Waals surface area contributed by atoms with Crippen molar-refractivity contribution >= 4 is 11.2 Å². The number of benzene rings is 1. The molecule has 0 aliphatic heterocycles. The van der Waals surface area contributed by atoms with Crippen LogP contribution in [0.15, 0.2) is 42.7 Å². The maximum atomic E-state index is 4.60. The predicted molar refractivity (Wildman–Crippen MR) is 78.0 cm³/mol. The summed E-state index contributed by atoms with van der Waals surface area (Å²) in [5.74, 6) is 0. The zero-order valence-corrected chi connectivity index (χ0v) is 11.4. The monoisotopic (exact) mass is 251 g/mol. The second-order valence-corrected chi connectivity index (χ2v) is 5.79. The van der Waals surface area contributed by atoms with Crippen LogP contribution in [0.4, 0.5) is 0 Å². The fourth-order valence-corrected chi connectivity index (χ4v) is 2.11. The highest BCUT2D eigenvalue weighted by Gasteiger charge is 2.13. The van der Waals surface area contributed by atoms with Gasteiger partial charge in [0.15, 0.2) is 5.65 Å². The molecule has 96 valence electrons. The van der Waals surface area contributed by atoms with Crippen LogP contribution in [0.3, 0.4) is 0 Å². The average Bonchev–Trinajstić information content (AvgIpc) is 2.85. The quantitative estimate of drug-likeness (QED) is 0.712. The first-order valence-electron chi connectivity index (χ1n) is 6.45. The van der Waals surface area contributed by atoms with Gasteiger partial charge in [-0.3, -0.25) is 0 Å². The first kappa shape index (κ1) is 11.9. The van der Waals surface area contributed by atoms with Crippen molar-refractivity contribution in [3.63, 3.8) is 0 Å². The van der Waals surface area contributed by atoms with Crippen molar-refractivity contribution in [1.82, 2.24) is 15.0 Å². The molecule has 0 unspecified atom stereocenters. The fourth-order valence-electron chi connectivity index (χ4n) is 2.11. The number of H-pyrrole nitrogens is 1. The van der Waals surface area contributed by atoms with Crippen LogP contribution in [0.2, 0.25) is 0 Å². The lowest BCUT2D eigenvalue weighted by Crippen LogP contribution is -2.10. The minimum absolute atomic E-state index is 0.175. The smallest absolute Gasteiger partial charge is 0.156 e. The van der Waals surface area contributed by atoms with Crippen molar-refractivity contribution in [2.24, 2.45) is 0 Å². The molecule has 0 aliphatic rings. The molecule has 19 heavy (non-hydrogen) atoms. The molecule has 0 amide bonds. The van der Waals surface area contributed by atoms with E-state index < -0.39 is 0 Å². The van der Waals surface area contributed by atoms with E-state index in [1.807, 2.05) is 18.5 Å². The van der Waals surface area contributed by atoms with Gasteiger partial charge in [-0.1, -0.05) is 45.0 Å². The Morgan fingerprint density at radius 3 is 2.42 bits per heavy atom. The maximum Gasteiger partial charge on any atom is 0.156 e. The molecule has 0 fully saturated rings. The Hall–Kier alpha value is -2.16. The third-order valence-electron chi connectivity index (χ3n) is 3.31. The molecule has 3 rings (SSSR count). The maximum absolute atomic E-state index is 4.60. The molecule has 1 aromatic carbocycles. The standard InChI is InChI=1S/C16H17N3/c1-16(2,3)12-6-4-11(5-7-12)14-10-18-15-13(19-14)8-9-17-15/h4-10H,1-3H3,(H,17,18). The third-order valence-corrected chi connectivity index (χ3v) is 3.31. The number of aromatic nitrogens is 3. The van der Waals surface area contributed by atoms with Crippen molar-refractivity contribution in [2.75, 3.05) is 0 Å². The molecule has 3 heteroatoms. The van der Waals surface area contributed by atoms with Gasteiger partial charge >= 0.3 is 0 Å². The molecule has 3 aromatic rings. The van der Waals surface area contributed by atoms with Gasteiger partial charge < -0.3 is 4.98 Å². The molecule has 2 aromatic heterocycles. The summed E-state index contributed by atoms with van der Waals surface area (Å²) in [6.45, 7) is 6.65. The highest BCUT2D eigenvalue weighted by atomic mass is 14.9. The normalized spacial score (nSPS) is 11.9. The van der Waals surface area contributed by atoms with Crippen molar-refractivity contribution in [1.29, 1.82) is 0 Å². The molecule has 1 N–H and O–H groups in total. The van der Waals surface area contributed by atoms with Crippen LogP contribution in [-0.2, 0) is 5.41 Å². The lowest BCUT2D eigenvalue weighted by atomic mass is 9.86. The molecule has 0 atom stereocenters. The van der Waals surface area contributed by atoms with Crippen LogP contribution in [-0.4, -0.2) is 15.0 Å². The second kappa shape index (κ2) is 4.19. The minimum atomic E-state index is 0.175. The van der Waals surface area contributed by atoms with Crippen LogP contribution in [0.1, 0.15) is 26.3 Å². The molecule has 3 nitrogen and oxygen atoms in total. The molecule has 0 saturated carbocycles. The van der Waals surface area contributed by atoms with Crippen molar-refractivity contribution in [2.45, 2.75) is 26.2 Å². The first-order valence-corrected chi connectivity index (χ1v) is 6.45. The summed E-state index contributed by atoms with van der Waals surface area (Å²) in [4.78, 5) is 12.0. The Bertz CT molecular complexity index is 703. The molecule has 0 bridgehead atoms. The first-order chi connectivity index (χ1) is 9.04. The van der Waals surface area contributed by atoms with Gasteiger partial charge in [-0.05, 0) is 17.0 Å². The minimum Gasteiger partial charge on any atom is -0.345 e. The Balaban J connectivity index is 2.01. The van der Waals surface area contributed by atoms with Gasteiger partial charge in [0.25, 0.3) is 0 Å². The van der Waals surface area contributed by atoms with Gasteiger partial charge in [0.05, 0.1) is 11.9 Å². The Labute approximate surface area is 112 Å². The van der Waals surface area contributed by atoms with Gasteiger partial charge in [0, 0.05) is 11.8 Å². The van der Waals surface area contributed by atoms with E-state index in [0.717, 1.165) is 22.4 Å². The molecular formula is C16H17N3. The summed E-state index contributed by atoms with van der Waals surface area (Å²) in [5, 5.41) is 0. The lowest BCUT2D eigenvalue weighted by Gasteiger charge is -2.19. The van der Waals surface area contributed by atoms with Crippen LogP contribution in [0, 0.1) is 0 Å². The number of hydrogen-bond donors (Lipinski definition) is 1. The van der Waals surface area contributed by atoms with Gasteiger partial charge in [0.2, 0.25) is 0 Å². The van der Waals surface area contributed by atoms with Gasteiger partial charge in [-0.2, -0.15) is 0 Å². The van der Waals surface area contributed by atoms with Crippen LogP contribution in [0.5, 0.6) is 0 Å². The largest absolute Gasteiger partial charge is 0.345 e. The molecular weight excluding hydrogens is 234 g/mol.